The van der Waals surface area contributed by atoms with Crippen LogP contribution in [0.5, 0.6) is 0 Å². The van der Waals surface area contributed by atoms with Gasteiger partial charge < -0.3 is 9.73 Å². The van der Waals surface area contributed by atoms with E-state index in [1.54, 1.807) is 24.3 Å². The van der Waals surface area contributed by atoms with Gasteiger partial charge >= 0.3 is 11.8 Å². The normalized spacial score (nSPS) is 10.4. The first kappa shape index (κ1) is 13.5. The fourth-order valence-corrected chi connectivity index (χ4v) is 1.39. The van der Waals surface area contributed by atoms with E-state index in [2.05, 4.69) is 15.8 Å². The molecule has 0 bridgehead atoms. The molecule has 6 nitrogen and oxygen atoms in total. The van der Waals surface area contributed by atoms with Crippen molar-refractivity contribution in [2.24, 2.45) is 5.10 Å². The molecule has 0 aliphatic rings. The second kappa shape index (κ2) is 6.33. The van der Waals surface area contributed by atoms with Crippen LogP contribution in [0.3, 0.4) is 0 Å². The number of carbonyl (C=O) groups is 2. The molecule has 20 heavy (non-hydrogen) atoms. The number of hydrogen-bond donors (Lipinski definition) is 2. The van der Waals surface area contributed by atoms with Gasteiger partial charge in [-0.25, -0.2) is 5.43 Å². The number of aryl methyl sites for hydroxylation is 1. The average Bonchev–Trinajstić information content (AvgIpc) is 2.94. The molecule has 0 fully saturated rings. The van der Waals surface area contributed by atoms with Crippen LogP contribution in [0, 0.1) is 6.92 Å². The predicted molar refractivity (Wildman–Crippen MR) is 74.3 cm³/mol. The molecule has 0 saturated heterocycles. The largest absolute Gasteiger partial charge is 0.463 e. The number of nitrogens with one attached hydrogen (secondary N) is 2. The van der Waals surface area contributed by atoms with Gasteiger partial charge in [-0.3, -0.25) is 9.59 Å². The van der Waals surface area contributed by atoms with Crippen LogP contribution in [0.2, 0.25) is 0 Å². The van der Waals surface area contributed by atoms with E-state index in [1.807, 2.05) is 19.1 Å². The van der Waals surface area contributed by atoms with Crippen molar-refractivity contribution in [3.63, 3.8) is 0 Å². The molecule has 0 aliphatic heterocycles. The summed E-state index contributed by atoms with van der Waals surface area (Å²) >= 11 is 0. The third-order valence-electron chi connectivity index (χ3n) is 2.42. The van der Waals surface area contributed by atoms with E-state index in [4.69, 9.17) is 4.42 Å². The van der Waals surface area contributed by atoms with Gasteiger partial charge in [0.2, 0.25) is 0 Å². The van der Waals surface area contributed by atoms with E-state index >= 15 is 0 Å². The summed E-state index contributed by atoms with van der Waals surface area (Å²) in [6.45, 7) is 1.93. The summed E-state index contributed by atoms with van der Waals surface area (Å²) in [7, 11) is 0. The third-order valence-corrected chi connectivity index (χ3v) is 2.42. The summed E-state index contributed by atoms with van der Waals surface area (Å²) in [6.07, 6.45) is 2.78. The van der Waals surface area contributed by atoms with Gasteiger partial charge in [0.05, 0.1) is 12.5 Å². The number of carbonyl (C=O) groups excluding carboxylic acids is 2. The van der Waals surface area contributed by atoms with Crippen molar-refractivity contribution in [2.45, 2.75) is 6.92 Å². The maximum atomic E-state index is 11.6. The van der Waals surface area contributed by atoms with Gasteiger partial charge in [-0.1, -0.05) is 17.7 Å². The second-order valence-electron chi connectivity index (χ2n) is 4.03. The first-order valence-corrected chi connectivity index (χ1v) is 5.90. The van der Waals surface area contributed by atoms with Gasteiger partial charge in [0, 0.05) is 5.69 Å². The molecule has 2 aromatic rings. The Morgan fingerprint density at radius 1 is 1.15 bits per heavy atom. The zero-order valence-electron chi connectivity index (χ0n) is 10.8. The SMILES string of the molecule is Cc1ccc(NC(=O)C(=O)N/N=C\c2ccco2)cc1. The molecule has 1 heterocycles. The number of amides is 2. The summed E-state index contributed by atoms with van der Waals surface area (Å²) in [6, 6.07) is 10.5. The Labute approximate surface area is 115 Å². The summed E-state index contributed by atoms with van der Waals surface area (Å²) in [5.74, 6) is -1.16. The lowest BCUT2D eigenvalue weighted by Crippen LogP contribution is -2.32. The Bertz CT molecular complexity index is 616. The smallest absolute Gasteiger partial charge is 0.329 e. The van der Waals surface area contributed by atoms with Crippen molar-refractivity contribution in [2.75, 3.05) is 5.32 Å². The fraction of sp³-hybridized carbons (Fsp3) is 0.0714. The molecule has 0 radical (unpaired) electrons. The molecular formula is C14H13N3O3. The van der Waals surface area contributed by atoms with Gasteiger partial charge in [0.25, 0.3) is 0 Å². The highest BCUT2D eigenvalue weighted by atomic mass is 16.3. The molecule has 2 amide bonds. The molecule has 1 aromatic carbocycles. The molecule has 1 aromatic heterocycles. The van der Waals surface area contributed by atoms with E-state index in [9.17, 15) is 9.59 Å². The molecule has 102 valence electrons. The molecule has 6 heteroatoms. The van der Waals surface area contributed by atoms with Crippen molar-refractivity contribution >= 4 is 23.7 Å². The van der Waals surface area contributed by atoms with Crippen LogP contribution in [0.25, 0.3) is 0 Å². The Morgan fingerprint density at radius 2 is 1.90 bits per heavy atom. The summed E-state index contributed by atoms with van der Waals surface area (Å²) in [4.78, 5) is 23.0. The molecule has 0 spiro atoms. The minimum Gasteiger partial charge on any atom is -0.463 e. The molecule has 2 rings (SSSR count). The number of nitrogens with zero attached hydrogens (tertiary/aromatic N) is 1. The fourth-order valence-electron chi connectivity index (χ4n) is 1.39. The lowest BCUT2D eigenvalue weighted by molar-refractivity contribution is -0.136. The Balaban J connectivity index is 1.86. The number of hydrogen-bond acceptors (Lipinski definition) is 4. The lowest BCUT2D eigenvalue weighted by Gasteiger charge is -2.03. The third kappa shape index (κ3) is 3.81. The number of benzene rings is 1. The zero-order valence-corrected chi connectivity index (χ0v) is 10.8. The minimum atomic E-state index is -0.853. The van der Waals surface area contributed by atoms with E-state index in [1.165, 1.54) is 12.5 Å². The topological polar surface area (TPSA) is 83.7 Å². The maximum Gasteiger partial charge on any atom is 0.329 e. The van der Waals surface area contributed by atoms with Gasteiger partial charge in [-0.05, 0) is 31.2 Å². The van der Waals surface area contributed by atoms with Gasteiger partial charge in [0.15, 0.2) is 0 Å². The van der Waals surface area contributed by atoms with Crippen molar-refractivity contribution in [3.05, 3.63) is 54.0 Å². The molecule has 0 atom stereocenters. The summed E-state index contributed by atoms with van der Waals surface area (Å²) in [5, 5.41) is 6.08. The van der Waals surface area contributed by atoms with Crippen molar-refractivity contribution in [3.8, 4) is 0 Å². The van der Waals surface area contributed by atoms with Crippen molar-refractivity contribution in [1.82, 2.24) is 5.43 Å². The standard InChI is InChI=1S/C14H13N3O3/c1-10-4-6-11(7-5-10)16-13(18)14(19)17-15-9-12-3-2-8-20-12/h2-9H,1H3,(H,16,18)(H,17,19)/b15-9-. The van der Waals surface area contributed by atoms with E-state index < -0.39 is 11.8 Å². The number of anilines is 1. The monoisotopic (exact) mass is 271 g/mol. The highest BCUT2D eigenvalue weighted by Crippen LogP contribution is 2.08. The molecular weight excluding hydrogens is 258 g/mol. The van der Waals surface area contributed by atoms with E-state index in [0.717, 1.165) is 5.56 Å². The maximum absolute atomic E-state index is 11.6. The zero-order chi connectivity index (χ0) is 14.4. The van der Waals surface area contributed by atoms with Gasteiger partial charge in [-0.15, -0.1) is 0 Å². The highest BCUT2D eigenvalue weighted by Gasteiger charge is 2.12. The van der Waals surface area contributed by atoms with Gasteiger partial charge in [-0.2, -0.15) is 5.10 Å². The lowest BCUT2D eigenvalue weighted by atomic mass is 10.2. The van der Waals surface area contributed by atoms with Crippen LogP contribution < -0.4 is 10.7 Å². The number of rotatable bonds is 3. The van der Waals surface area contributed by atoms with Crippen LogP contribution >= 0.6 is 0 Å². The van der Waals surface area contributed by atoms with Crippen LogP contribution in [-0.2, 0) is 9.59 Å². The first-order valence-electron chi connectivity index (χ1n) is 5.90. The molecule has 0 unspecified atom stereocenters. The summed E-state index contributed by atoms with van der Waals surface area (Å²) in [5.41, 5.74) is 3.72. The van der Waals surface area contributed by atoms with Crippen LogP contribution in [0.4, 0.5) is 5.69 Å². The van der Waals surface area contributed by atoms with E-state index in [0.29, 0.717) is 11.4 Å². The van der Waals surface area contributed by atoms with E-state index in [-0.39, 0.29) is 0 Å². The van der Waals surface area contributed by atoms with Crippen molar-refractivity contribution in [1.29, 1.82) is 0 Å². The number of furan rings is 1. The van der Waals surface area contributed by atoms with Crippen LogP contribution in [0.1, 0.15) is 11.3 Å². The molecule has 0 saturated carbocycles. The average molecular weight is 271 g/mol. The molecule has 2 N–H and O–H groups in total. The predicted octanol–water partition coefficient (Wildman–Crippen LogP) is 1.68. The molecule has 0 aliphatic carbocycles. The summed E-state index contributed by atoms with van der Waals surface area (Å²) < 4.78 is 4.98. The minimum absolute atomic E-state index is 0.476. The van der Waals surface area contributed by atoms with Crippen LogP contribution in [0.15, 0.2) is 52.2 Å². The van der Waals surface area contributed by atoms with Gasteiger partial charge in [0.1, 0.15) is 5.76 Å². The van der Waals surface area contributed by atoms with Crippen LogP contribution in [-0.4, -0.2) is 18.0 Å². The Hall–Kier alpha value is -2.89. The second-order valence-corrected chi connectivity index (χ2v) is 4.03. The number of hydrazone groups is 1. The Kier molecular flexibility index (Phi) is 4.28. The Morgan fingerprint density at radius 3 is 2.55 bits per heavy atom. The quantitative estimate of drug-likeness (QED) is 0.506. The first-order chi connectivity index (χ1) is 9.65. The highest BCUT2D eigenvalue weighted by molar-refractivity contribution is 6.39. The van der Waals surface area contributed by atoms with Crippen molar-refractivity contribution < 1.29 is 14.0 Å².